The van der Waals surface area contributed by atoms with Gasteiger partial charge in [0.05, 0.1) is 15.9 Å². The van der Waals surface area contributed by atoms with Crippen LogP contribution in [0.1, 0.15) is 6.92 Å². The molecule has 2 heterocycles. The normalized spacial score (nSPS) is 17.6. The molecular formula is C14H18N4O4S. The first-order chi connectivity index (χ1) is 10.9. The van der Waals surface area contributed by atoms with E-state index in [1.807, 2.05) is 6.92 Å². The first-order valence-electron chi connectivity index (χ1n) is 7.40. The van der Waals surface area contributed by atoms with Crippen LogP contribution >= 0.6 is 0 Å². The third-order valence-electron chi connectivity index (χ3n) is 4.11. The molecule has 0 aliphatic carbocycles. The van der Waals surface area contributed by atoms with E-state index in [-0.39, 0.29) is 4.90 Å². The predicted octanol–water partition coefficient (Wildman–Crippen LogP) is -0.457. The highest BCUT2D eigenvalue weighted by Gasteiger charge is 2.28. The van der Waals surface area contributed by atoms with Gasteiger partial charge in [-0.25, -0.2) is 8.42 Å². The van der Waals surface area contributed by atoms with Crippen LogP contribution in [0.5, 0.6) is 0 Å². The lowest BCUT2D eigenvalue weighted by molar-refractivity contribution is 0.196. The number of rotatable bonds is 3. The minimum absolute atomic E-state index is 0.109. The van der Waals surface area contributed by atoms with Crippen LogP contribution < -0.4 is 11.1 Å². The van der Waals surface area contributed by atoms with Crippen LogP contribution in [0.3, 0.4) is 0 Å². The van der Waals surface area contributed by atoms with E-state index in [4.69, 9.17) is 0 Å². The van der Waals surface area contributed by atoms with E-state index >= 15 is 0 Å². The van der Waals surface area contributed by atoms with Gasteiger partial charge in [-0.05, 0) is 24.7 Å². The van der Waals surface area contributed by atoms with Gasteiger partial charge < -0.3 is 14.9 Å². The summed E-state index contributed by atoms with van der Waals surface area (Å²) in [5.74, 6) is 0. The van der Waals surface area contributed by atoms with Crippen LogP contribution in [0.25, 0.3) is 11.0 Å². The Morgan fingerprint density at radius 3 is 2.22 bits per heavy atom. The van der Waals surface area contributed by atoms with Gasteiger partial charge in [0.25, 0.3) is 0 Å². The molecule has 1 fully saturated rings. The largest absolute Gasteiger partial charge is 0.316 e. The molecule has 8 nitrogen and oxygen atoms in total. The summed E-state index contributed by atoms with van der Waals surface area (Å²) in [6, 6.07) is 4.31. The summed E-state index contributed by atoms with van der Waals surface area (Å²) in [5.41, 5.74) is -0.875. The van der Waals surface area contributed by atoms with Gasteiger partial charge in [-0.15, -0.1) is 0 Å². The second-order valence-corrected chi connectivity index (χ2v) is 7.39. The number of aromatic nitrogens is 2. The Balaban J connectivity index is 1.97. The van der Waals surface area contributed by atoms with Gasteiger partial charge in [0.1, 0.15) is 0 Å². The molecule has 0 saturated carbocycles. The molecule has 124 valence electrons. The zero-order valence-corrected chi connectivity index (χ0v) is 13.5. The van der Waals surface area contributed by atoms with E-state index in [1.165, 1.54) is 22.5 Å². The molecular weight excluding hydrogens is 320 g/mol. The van der Waals surface area contributed by atoms with Crippen molar-refractivity contribution in [2.75, 3.05) is 32.7 Å². The van der Waals surface area contributed by atoms with Crippen LogP contribution in [0.2, 0.25) is 0 Å². The van der Waals surface area contributed by atoms with Crippen molar-refractivity contribution in [2.24, 2.45) is 0 Å². The Labute approximate surface area is 132 Å². The Morgan fingerprint density at radius 1 is 1.00 bits per heavy atom. The van der Waals surface area contributed by atoms with Crippen molar-refractivity contribution in [1.29, 1.82) is 0 Å². The molecule has 1 aliphatic rings. The molecule has 23 heavy (non-hydrogen) atoms. The van der Waals surface area contributed by atoms with Crippen molar-refractivity contribution in [3.63, 3.8) is 0 Å². The van der Waals surface area contributed by atoms with Crippen LogP contribution in [0.4, 0.5) is 0 Å². The summed E-state index contributed by atoms with van der Waals surface area (Å²) in [4.78, 5) is 29.8. The summed E-state index contributed by atoms with van der Waals surface area (Å²) >= 11 is 0. The first-order valence-corrected chi connectivity index (χ1v) is 8.84. The van der Waals surface area contributed by atoms with E-state index in [2.05, 4.69) is 14.9 Å². The lowest BCUT2D eigenvalue weighted by Crippen LogP contribution is -2.48. The van der Waals surface area contributed by atoms with Crippen molar-refractivity contribution >= 4 is 21.1 Å². The van der Waals surface area contributed by atoms with Crippen molar-refractivity contribution < 1.29 is 8.42 Å². The van der Waals surface area contributed by atoms with Gasteiger partial charge in [-0.1, -0.05) is 6.92 Å². The van der Waals surface area contributed by atoms with Crippen LogP contribution in [-0.2, 0) is 10.0 Å². The van der Waals surface area contributed by atoms with E-state index in [1.54, 1.807) is 0 Å². The number of benzene rings is 1. The van der Waals surface area contributed by atoms with Crippen molar-refractivity contribution in [3.05, 3.63) is 38.9 Å². The van der Waals surface area contributed by atoms with Gasteiger partial charge in [0, 0.05) is 26.2 Å². The molecule has 1 saturated heterocycles. The van der Waals surface area contributed by atoms with Crippen molar-refractivity contribution in [1.82, 2.24) is 19.2 Å². The molecule has 0 radical (unpaired) electrons. The second kappa shape index (κ2) is 5.91. The van der Waals surface area contributed by atoms with Gasteiger partial charge >= 0.3 is 11.1 Å². The number of H-pyrrole nitrogens is 2. The van der Waals surface area contributed by atoms with Crippen LogP contribution in [-0.4, -0.2) is 60.3 Å². The Bertz CT molecular complexity index is 939. The number of hydrogen-bond donors (Lipinski definition) is 2. The summed E-state index contributed by atoms with van der Waals surface area (Å²) < 4.78 is 26.9. The molecule has 2 N–H and O–H groups in total. The van der Waals surface area contributed by atoms with Crippen LogP contribution in [0, 0.1) is 0 Å². The van der Waals surface area contributed by atoms with Gasteiger partial charge in [0.15, 0.2) is 0 Å². The minimum Gasteiger partial charge on any atom is -0.316 e. The minimum atomic E-state index is -3.62. The highest BCUT2D eigenvalue weighted by molar-refractivity contribution is 7.89. The smallest absolute Gasteiger partial charge is 0.314 e. The standard InChI is InChI=1S/C14H18N4O4S/c1-2-17-5-7-18(8-6-17)23(21,22)10-3-4-11-12(9-10)16-14(20)13(19)15-11/h3-4,9H,2,5-8H2,1H3,(H,15,19)(H,16,20). The number of fused-ring (bicyclic) bond motifs is 1. The number of likely N-dealkylation sites (N-methyl/N-ethyl adjacent to an activating group) is 1. The number of sulfonamides is 1. The van der Waals surface area contributed by atoms with Crippen molar-refractivity contribution in [2.45, 2.75) is 11.8 Å². The number of nitrogens with one attached hydrogen (secondary N) is 2. The maximum Gasteiger partial charge on any atom is 0.314 e. The third-order valence-corrected chi connectivity index (χ3v) is 6.00. The molecule has 9 heteroatoms. The fourth-order valence-electron chi connectivity index (χ4n) is 2.69. The summed E-state index contributed by atoms with van der Waals surface area (Å²) in [6.07, 6.45) is 0. The summed E-state index contributed by atoms with van der Waals surface area (Å²) in [6.45, 7) is 5.23. The molecule has 1 aliphatic heterocycles. The predicted molar refractivity (Wildman–Crippen MR) is 86.1 cm³/mol. The maximum atomic E-state index is 12.7. The molecule has 0 unspecified atom stereocenters. The fourth-order valence-corrected chi connectivity index (χ4v) is 4.14. The molecule has 0 bridgehead atoms. The second-order valence-electron chi connectivity index (χ2n) is 5.45. The molecule has 1 aromatic heterocycles. The number of piperazine rings is 1. The zero-order chi connectivity index (χ0) is 16.6. The zero-order valence-electron chi connectivity index (χ0n) is 12.7. The Kier molecular flexibility index (Phi) is 4.09. The molecule has 0 atom stereocenters. The maximum absolute atomic E-state index is 12.7. The summed E-state index contributed by atoms with van der Waals surface area (Å²) in [7, 11) is -3.62. The van der Waals surface area contributed by atoms with E-state index < -0.39 is 21.1 Å². The van der Waals surface area contributed by atoms with Crippen LogP contribution in [0.15, 0.2) is 32.7 Å². The number of aromatic amines is 2. The molecule has 3 rings (SSSR count). The fraction of sp³-hybridized carbons (Fsp3) is 0.429. The lowest BCUT2D eigenvalue weighted by atomic mass is 10.3. The lowest BCUT2D eigenvalue weighted by Gasteiger charge is -2.33. The SMILES string of the molecule is CCN1CCN(S(=O)(=O)c2ccc3[nH]c(=O)c(=O)[nH]c3c2)CC1. The quantitative estimate of drug-likeness (QED) is 0.737. The van der Waals surface area contributed by atoms with Gasteiger partial charge in [0.2, 0.25) is 10.0 Å². The van der Waals surface area contributed by atoms with E-state index in [0.717, 1.165) is 6.54 Å². The Morgan fingerprint density at radius 2 is 1.61 bits per heavy atom. The molecule has 1 aromatic carbocycles. The summed E-state index contributed by atoms with van der Waals surface area (Å²) in [5, 5.41) is 0. The third kappa shape index (κ3) is 2.94. The highest BCUT2D eigenvalue weighted by Crippen LogP contribution is 2.20. The molecule has 0 amide bonds. The number of hydrogen-bond acceptors (Lipinski definition) is 5. The first kappa shape index (κ1) is 15.9. The van der Waals surface area contributed by atoms with Gasteiger partial charge in [-0.3, -0.25) is 9.59 Å². The topological polar surface area (TPSA) is 106 Å². The average Bonchev–Trinajstić information content (AvgIpc) is 2.55. The Hall–Kier alpha value is -1.97. The molecule has 0 spiro atoms. The van der Waals surface area contributed by atoms with Gasteiger partial charge in [-0.2, -0.15) is 4.31 Å². The number of nitrogens with zero attached hydrogens (tertiary/aromatic N) is 2. The monoisotopic (exact) mass is 338 g/mol. The highest BCUT2D eigenvalue weighted by atomic mass is 32.2. The van der Waals surface area contributed by atoms with E-state index in [0.29, 0.717) is 37.2 Å². The molecule has 2 aromatic rings. The van der Waals surface area contributed by atoms with E-state index in [9.17, 15) is 18.0 Å². The average molecular weight is 338 g/mol. The van der Waals surface area contributed by atoms with Crippen molar-refractivity contribution in [3.8, 4) is 0 Å².